The van der Waals surface area contributed by atoms with Crippen LogP contribution in [0.4, 0.5) is 0 Å². The molecule has 0 amide bonds. The molecular weight excluding hydrogens is 341 g/mol. The second-order valence-electron chi connectivity index (χ2n) is 3.34. The second kappa shape index (κ2) is 6.36. The average molecular weight is 348 g/mol. The van der Waals surface area contributed by atoms with E-state index in [0.29, 0.717) is 5.56 Å². The fourth-order valence-electron chi connectivity index (χ4n) is 1.31. The summed E-state index contributed by atoms with van der Waals surface area (Å²) in [6.45, 7) is 0. The number of aliphatic carboxylic acids is 1. The van der Waals surface area contributed by atoms with Crippen LogP contribution in [-0.2, 0) is 4.79 Å². The summed E-state index contributed by atoms with van der Waals surface area (Å²) in [5.41, 5.74) is -0.00415. The third-order valence-corrected chi connectivity index (χ3v) is 4.14. The van der Waals surface area contributed by atoms with E-state index in [4.69, 9.17) is 63.1 Å². The minimum atomic E-state index is -1.95. The zero-order valence-electron chi connectivity index (χ0n) is 8.71. The lowest BCUT2D eigenvalue weighted by Crippen LogP contribution is -2.28. The Bertz CT molecular complexity index is 466. The van der Waals surface area contributed by atoms with Crippen LogP contribution in [0.3, 0.4) is 0 Å². The highest BCUT2D eigenvalue weighted by atomic mass is 35.5. The Hall–Kier alpha value is -0.120. The van der Waals surface area contributed by atoms with E-state index < -0.39 is 25.7 Å². The Balaban J connectivity index is 3.22. The van der Waals surface area contributed by atoms with Crippen LogP contribution in [0.2, 0.25) is 0 Å². The van der Waals surface area contributed by atoms with Crippen LogP contribution in [-0.4, -0.2) is 15.4 Å². The fraction of sp³-hybridized carbons (Fsp3) is 0.182. The summed E-state index contributed by atoms with van der Waals surface area (Å²) < 4.78 is -2.48. The minimum absolute atomic E-state index is 0.533. The van der Waals surface area contributed by atoms with Crippen LogP contribution in [0.1, 0.15) is 10.9 Å². The molecule has 1 rings (SSSR count). The van der Waals surface area contributed by atoms with Crippen molar-refractivity contribution in [2.45, 2.75) is 9.71 Å². The van der Waals surface area contributed by atoms with E-state index in [0.717, 1.165) is 0 Å². The molecule has 98 valence electrons. The molecule has 2 nitrogen and oxygen atoms in total. The Morgan fingerprint density at radius 2 is 1.67 bits per heavy atom. The fourth-order valence-corrected chi connectivity index (χ4v) is 2.82. The number of carboxylic acids is 1. The van der Waals surface area contributed by atoms with Crippen LogP contribution < -0.4 is 0 Å². The maximum atomic E-state index is 11.1. The topological polar surface area (TPSA) is 37.3 Å². The maximum absolute atomic E-state index is 11.1. The summed E-state index contributed by atoms with van der Waals surface area (Å²) in [7, 11) is 0. The predicted octanol–water partition coefficient (Wildman–Crippen LogP) is 4.91. The van der Waals surface area contributed by atoms with E-state index in [9.17, 15) is 4.79 Å². The van der Waals surface area contributed by atoms with E-state index in [2.05, 4.69) is 0 Å². The van der Waals surface area contributed by atoms with Gasteiger partial charge in [-0.2, -0.15) is 0 Å². The molecule has 1 atom stereocenters. The quantitative estimate of drug-likeness (QED) is 0.620. The zero-order valence-corrected chi connectivity index (χ0v) is 12.5. The summed E-state index contributed by atoms with van der Waals surface area (Å²) in [6, 6.07) is 8.55. The van der Waals surface area contributed by atoms with Crippen molar-refractivity contribution in [2.24, 2.45) is 0 Å². The molecule has 0 saturated carbocycles. The van der Waals surface area contributed by atoms with Gasteiger partial charge in [-0.1, -0.05) is 76.7 Å². The van der Waals surface area contributed by atoms with Gasteiger partial charge < -0.3 is 5.11 Å². The number of halogens is 5. The van der Waals surface area contributed by atoms with Gasteiger partial charge >= 0.3 is 5.97 Å². The van der Waals surface area contributed by atoms with Crippen LogP contribution in [0.15, 0.2) is 40.4 Å². The molecule has 0 bridgehead atoms. The molecule has 1 aromatic rings. The molecule has 0 aliphatic heterocycles. The Morgan fingerprint density at radius 3 is 2.06 bits per heavy atom. The highest BCUT2D eigenvalue weighted by Gasteiger charge is 2.43. The van der Waals surface area contributed by atoms with Gasteiger partial charge in [-0.05, 0) is 5.56 Å². The summed E-state index contributed by atoms with van der Waals surface area (Å²) in [5.74, 6) is -1.43. The third kappa shape index (κ3) is 3.46. The molecule has 18 heavy (non-hydrogen) atoms. The minimum Gasteiger partial charge on any atom is -0.478 e. The summed E-state index contributed by atoms with van der Waals surface area (Å²) in [5, 5.41) is 8.01. The van der Waals surface area contributed by atoms with Crippen LogP contribution in [0, 0.1) is 0 Å². The summed E-state index contributed by atoms with van der Waals surface area (Å²) in [6.07, 6.45) is 0. The first-order valence-electron chi connectivity index (χ1n) is 4.64. The van der Waals surface area contributed by atoms with E-state index in [-0.39, 0.29) is 0 Å². The van der Waals surface area contributed by atoms with Gasteiger partial charge in [-0.25, -0.2) is 4.79 Å². The predicted molar refractivity (Wildman–Crippen MR) is 75.8 cm³/mol. The largest absolute Gasteiger partial charge is 0.478 e. The van der Waals surface area contributed by atoms with Gasteiger partial charge in [0.25, 0.3) is 0 Å². The van der Waals surface area contributed by atoms with Crippen LogP contribution in [0.25, 0.3) is 0 Å². The molecule has 0 spiro atoms. The number of alkyl halides is 3. The molecule has 0 aliphatic carbocycles. The standard InChI is InChI=1S/C11H7Cl5O2/c12-8(6-4-2-1-3-5-6)11(15,16)7(9(13)14)10(17)18/h1-5,8H,(H,17,18). The highest BCUT2D eigenvalue weighted by Crippen LogP contribution is 2.48. The zero-order chi connectivity index (χ0) is 13.9. The van der Waals surface area contributed by atoms with Gasteiger partial charge in [0, 0.05) is 0 Å². The van der Waals surface area contributed by atoms with E-state index in [1.165, 1.54) is 0 Å². The van der Waals surface area contributed by atoms with Crippen LogP contribution in [0.5, 0.6) is 0 Å². The summed E-state index contributed by atoms with van der Waals surface area (Å²) in [4.78, 5) is 11.1. The van der Waals surface area contributed by atoms with E-state index in [1.54, 1.807) is 30.3 Å². The van der Waals surface area contributed by atoms with Crippen molar-refractivity contribution in [1.29, 1.82) is 0 Å². The Kier molecular flexibility index (Phi) is 5.63. The monoisotopic (exact) mass is 346 g/mol. The Labute approximate surface area is 129 Å². The summed E-state index contributed by atoms with van der Waals surface area (Å²) >= 11 is 29.1. The number of hydrogen-bond acceptors (Lipinski definition) is 1. The van der Waals surface area contributed by atoms with Gasteiger partial charge in [0.15, 0.2) is 4.33 Å². The molecule has 1 aromatic carbocycles. The van der Waals surface area contributed by atoms with Crippen molar-refractivity contribution in [2.75, 3.05) is 0 Å². The van der Waals surface area contributed by atoms with Gasteiger partial charge in [-0.15, -0.1) is 11.6 Å². The molecule has 0 fully saturated rings. The van der Waals surface area contributed by atoms with Gasteiger partial charge in [0.2, 0.25) is 0 Å². The molecular formula is C11H7Cl5O2. The molecule has 0 saturated heterocycles. The molecule has 1 N–H and O–H groups in total. The van der Waals surface area contributed by atoms with Crippen molar-refractivity contribution in [3.05, 3.63) is 46.0 Å². The number of hydrogen-bond donors (Lipinski definition) is 1. The average Bonchev–Trinajstić information content (AvgIpc) is 2.27. The van der Waals surface area contributed by atoms with Gasteiger partial charge in [-0.3, -0.25) is 0 Å². The first kappa shape index (κ1) is 15.9. The molecule has 7 heteroatoms. The lowest BCUT2D eigenvalue weighted by atomic mass is 10.0. The number of rotatable bonds is 4. The van der Waals surface area contributed by atoms with Crippen molar-refractivity contribution in [3.8, 4) is 0 Å². The molecule has 0 aliphatic rings. The van der Waals surface area contributed by atoms with Crippen molar-refractivity contribution < 1.29 is 9.90 Å². The van der Waals surface area contributed by atoms with E-state index in [1.807, 2.05) is 0 Å². The molecule has 0 aromatic heterocycles. The first-order chi connectivity index (χ1) is 8.28. The van der Waals surface area contributed by atoms with Crippen molar-refractivity contribution in [1.82, 2.24) is 0 Å². The molecule has 0 heterocycles. The van der Waals surface area contributed by atoms with Crippen molar-refractivity contribution >= 4 is 64.0 Å². The normalized spacial score (nSPS) is 12.9. The number of carbonyl (C=O) groups is 1. The third-order valence-electron chi connectivity index (χ3n) is 2.15. The lowest BCUT2D eigenvalue weighted by molar-refractivity contribution is -0.132. The van der Waals surface area contributed by atoms with E-state index >= 15 is 0 Å². The number of carboxylic acid groups (broad SMARTS) is 1. The van der Waals surface area contributed by atoms with Crippen molar-refractivity contribution in [3.63, 3.8) is 0 Å². The molecule has 0 radical (unpaired) electrons. The smallest absolute Gasteiger partial charge is 0.337 e. The first-order valence-corrected chi connectivity index (χ1v) is 6.59. The Morgan fingerprint density at radius 1 is 1.17 bits per heavy atom. The number of benzene rings is 1. The van der Waals surface area contributed by atoms with Gasteiger partial charge in [0.05, 0.1) is 5.38 Å². The maximum Gasteiger partial charge on any atom is 0.337 e. The van der Waals surface area contributed by atoms with Gasteiger partial charge in [0.1, 0.15) is 10.1 Å². The second-order valence-corrected chi connectivity index (χ2v) is 6.11. The highest BCUT2D eigenvalue weighted by molar-refractivity contribution is 6.62. The van der Waals surface area contributed by atoms with Crippen LogP contribution >= 0.6 is 58.0 Å². The lowest BCUT2D eigenvalue weighted by Gasteiger charge is -2.26. The molecule has 1 unspecified atom stereocenters. The SMILES string of the molecule is O=C(O)C(=C(Cl)Cl)C(Cl)(Cl)C(Cl)c1ccccc1.